The van der Waals surface area contributed by atoms with Crippen molar-refractivity contribution in [1.82, 2.24) is 4.90 Å². The van der Waals surface area contributed by atoms with Crippen molar-refractivity contribution in [2.45, 2.75) is 18.4 Å². The van der Waals surface area contributed by atoms with E-state index in [0.717, 1.165) is 23.0 Å². The molecule has 1 N–H and O–H groups in total. The van der Waals surface area contributed by atoms with Gasteiger partial charge in [-0.25, -0.2) is 4.39 Å². The summed E-state index contributed by atoms with van der Waals surface area (Å²) in [5.74, 6) is -0.265. The van der Waals surface area contributed by atoms with Crippen LogP contribution < -0.4 is 0 Å². The van der Waals surface area contributed by atoms with Crippen molar-refractivity contribution in [1.29, 1.82) is 0 Å². The summed E-state index contributed by atoms with van der Waals surface area (Å²) >= 11 is 3.26. The molecule has 1 aromatic carbocycles. The van der Waals surface area contributed by atoms with Crippen LogP contribution in [-0.4, -0.2) is 35.7 Å². The highest BCUT2D eigenvalue weighted by atomic mass is 79.9. The predicted molar refractivity (Wildman–Crippen MR) is 64.9 cm³/mol. The monoisotopic (exact) mass is 287 g/mol. The number of aliphatic hydroxyl groups is 1. The molecule has 1 aliphatic rings. The molecule has 0 amide bonds. The van der Waals surface area contributed by atoms with Crippen LogP contribution >= 0.6 is 15.9 Å². The van der Waals surface area contributed by atoms with Gasteiger partial charge in [-0.1, -0.05) is 15.9 Å². The molecule has 0 bridgehead atoms. The summed E-state index contributed by atoms with van der Waals surface area (Å²) in [5.41, 5.74) is 0.131. The Morgan fingerprint density at radius 1 is 1.50 bits per heavy atom. The Labute approximate surface area is 103 Å². The van der Waals surface area contributed by atoms with Gasteiger partial charge in [0.25, 0.3) is 0 Å². The number of hydrogen-bond donors (Lipinski definition) is 1. The third-order valence-corrected chi connectivity index (χ3v) is 3.44. The Morgan fingerprint density at radius 3 is 2.81 bits per heavy atom. The molecule has 88 valence electrons. The lowest BCUT2D eigenvalue weighted by atomic mass is 9.94. The molecule has 1 heterocycles. The average molecular weight is 288 g/mol. The molecule has 1 aliphatic heterocycles. The summed E-state index contributed by atoms with van der Waals surface area (Å²) in [5, 5.41) is 10.3. The van der Waals surface area contributed by atoms with E-state index in [9.17, 15) is 9.50 Å². The molecule has 0 radical (unpaired) electrons. The van der Waals surface area contributed by atoms with E-state index < -0.39 is 5.60 Å². The Hall–Kier alpha value is -0.450. The fraction of sp³-hybridized carbons (Fsp3) is 0.500. The molecule has 1 saturated heterocycles. The van der Waals surface area contributed by atoms with Gasteiger partial charge in [0.1, 0.15) is 5.82 Å². The Kier molecular flexibility index (Phi) is 3.33. The van der Waals surface area contributed by atoms with Crippen LogP contribution in [0.3, 0.4) is 0 Å². The molecule has 0 aliphatic carbocycles. The lowest BCUT2D eigenvalue weighted by Crippen LogP contribution is -2.34. The first-order chi connectivity index (χ1) is 7.47. The van der Waals surface area contributed by atoms with E-state index in [-0.39, 0.29) is 5.82 Å². The number of β-amino-alcohol motifs (C(OH)–C–C–N with tert-alkyl or cyclic N) is 1. The molecular weight excluding hydrogens is 273 g/mol. The van der Waals surface area contributed by atoms with Crippen molar-refractivity contribution >= 4 is 15.9 Å². The minimum absolute atomic E-state index is 0.265. The molecule has 1 unspecified atom stereocenters. The van der Waals surface area contributed by atoms with Crippen LogP contribution in [0.1, 0.15) is 12.0 Å². The number of rotatable bonds is 2. The summed E-state index contributed by atoms with van der Waals surface area (Å²) in [6.07, 6.45) is 1.26. The second-order valence-electron chi connectivity index (χ2n) is 4.67. The molecule has 0 aromatic heterocycles. The Morgan fingerprint density at radius 2 is 2.25 bits per heavy atom. The van der Waals surface area contributed by atoms with Crippen LogP contribution in [0.2, 0.25) is 0 Å². The first kappa shape index (κ1) is 12.0. The number of halogens is 2. The lowest BCUT2D eigenvalue weighted by Gasteiger charge is -2.22. The SMILES string of the molecule is CN1CCC(O)(Cc2cc(F)cc(Br)c2)C1. The molecule has 1 atom stereocenters. The highest BCUT2D eigenvalue weighted by Crippen LogP contribution is 2.26. The van der Waals surface area contributed by atoms with Crippen LogP contribution in [0.4, 0.5) is 4.39 Å². The minimum Gasteiger partial charge on any atom is -0.388 e. The van der Waals surface area contributed by atoms with Gasteiger partial charge >= 0.3 is 0 Å². The van der Waals surface area contributed by atoms with Gasteiger partial charge in [0.05, 0.1) is 5.60 Å². The molecule has 16 heavy (non-hydrogen) atoms. The first-order valence-electron chi connectivity index (χ1n) is 5.33. The van der Waals surface area contributed by atoms with E-state index in [4.69, 9.17) is 0 Å². The molecule has 1 fully saturated rings. The smallest absolute Gasteiger partial charge is 0.124 e. The van der Waals surface area contributed by atoms with E-state index in [0.29, 0.717) is 13.0 Å². The van der Waals surface area contributed by atoms with Crippen LogP contribution in [0.5, 0.6) is 0 Å². The van der Waals surface area contributed by atoms with Gasteiger partial charge < -0.3 is 10.0 Å². The van der Waals surface area contributed by atoms with Gasteiger partial charge in [-0.05, 0) is 37.2 Å². The maximum Gasteiger partial charge on any atom is 0.124 e. The van der Waals surface area contributed by atoms with Crippen LogP contribution in [0.25, 0.3) is 0 Å². The summed E-state index contributed by atoms with van der Waals surface area (Å²) in [6, 6.07) is 4.77. The normalized spacial score (nSPS) is 26.2. The number of likely N-dealkylation sites (tertiary alicyclic amines) is 1. The molecule has 2 rings (SSSR count). The summed E-state index contributed by atoms with van der Waals surface area (Å²) in [4.78, 5) is 2.09. The van der Waals surface area contributed by atoms with Crippen molar-refractivity contribution in [3.63, 3.8) is 0 Å². The highest BCUT2D eigenvalue weighted by Gasteiger charge is 2.34. The molecule has 4 heteroatoms. The molecule has 0 spiro atoms. The Bertz CT molecular complexity index is 378. The van der Waals surface area contributed by atoms with Gasteiger partial charge in [0.2, 0.25) is 0 Å². The Balaban J connectivity index is 2.14. The number of likely N-dealkylation sites (N-methyl/N-ethyl adjacent to an activating group) is 1. The van der Waals surface area contributed by atoms with E-state index >= 15 is 0 Å². The zero-order valence-corrected chi connectivity index (χ0v) is 10.8. The fourth-order valence-corrected chi connectivity index (χ4v) is 2.81. The van der Waals surface area contributed by atoms with Crippen molar-refractivity contribution in [2.75, 3.05) is 20.1 Å². The third-order valence-electron chi connectivity index (χ3n) is 2.98. The van der Waals surface area contributed by atoms with E-state index in [1.807, 2.05) is 13.1 Å². The van der Waals surface area contributed by atoms with Gasteiger partial charge in [-0.3, -0.25) is 0 Å². The zero-order chi connectivity index (χ0) is 11.8. The van der Waals surface area contributed by atoms with E-state index in [1.54, 1.807) is 0 Å². The fourth-order valence-electron chi connectivity index (χ4n) is 2.30. The van der Waals surface area contributed by atoms with Gasteiger partial charge in [0, 0.05) is 24.0 Å². The van der Waals surface area contributed by atoms with E-state index in [2.05, 4.69) is 20.8 Å². The van der Waals surface area contributed by atoms with Crippen LogP contribution in [0.15, 0.2) is 22.7 Å². The van der Waals surface area contributed by atoms with Crippen molar-refractivity contribution in [3.8, 4) is 0 Å². The second-order valence-corrected chi connectivity index (χ2v) is 5.58. The van der Waals surface area contributed by atoms with Crippen LogP contribution in [-0.2, 0) is 6.42 Å². The van der Waals surface area contributed by atoms with Crippen molar-refractivity contribution in [2.24, 2.45) is 0 Å². The molecule has 1 aromatic rings. The van der Waals surface area contributed by atoms with Gasteiger partial charge in [0.15, 0.2) is 0 Å². The summed E-state index contributed by atoms with van der Waals surface area (Å²) in [7, 11) is 1.99. The van der Waals surface area contributed by atoms with Gasteiger partial charge in [-0.15, -0.1) is 0 Å². The number of benzene rings is 1. The average Bonchev–Trinajstić information content (AvgIpc) is 2.43. The zero-order valence-electron chi connectivity index (χ0n) is 9.21. The van der Waals surface area contributed by atoms with Crippen molar-refractivity contribution < 1.29 is 9.50 Å². The number of nitrogens with zero attached hydrogens (tertiary/aromatic N) is 1. The van der Waals surface area contributed by atoms with E-state index in [1.165, 1.54) is 12.1 Å². The van der Waals surface area contributed by atoms with Crippen molar-refractivity contribution in [3.05, 3.63) is 34.1 Å². The maximum absolute atomic E-state index is 13.2. The maximum atomic E-state index is 13.2. The quantitative estimate of drug-likeness (QED) is 0.902. The minimum atomic E-state index is -0.706. The topological polar surface area (TPSA) is 23.5 Å². The highest BCUT2D eigenvalue weighted by molar-refractivity contribution is 9.10. The predicted octanol–water partition coefficient (Wildman–Crippen LogP) is 2.20. The standard InChI is InChI=1S/C12H15BrFNO/c1-15-3-2-12(16,8-15)7-9-4-10(13)6-11(14)5-9/h4-6,16H,2-3,7-8H2,1H3. The largest absolute Gasteiger partial charge is 0.388 e. The van der Waals surface area contributed by atoms with Gasteiger partial charge in [-0.2, -0.15) is 0 Å². The lowest BCUT2D eigenvalue weighted by molar-refractivity contribution is 0.0523. The number of hydrogen-bond acceptors (Lipinski definition) is 2. The third kappa shape index (κ3) is 2.81. The first-order valence-corrected chi connectivity index (χ1v) is 6.12. The molecule has 2 nitrogen and oxygen atoms in total. The molecular formula is C12H15BrFNO. The summed E-state index contributed by atoms with van der Waals surface area (Å²) < 4.78 is 13.9. The second kappa shape index (κ2) is 4.43. The molecule has 0 saturated carbocycles. The summed E-state index contributed by atoms with van der Waals surface area (Å²) in [6.45, 7) is 1.55. The van der Waals surface area contributed by atoms with Crippen LogP contribution in [0, 0.1) is 5.82 Å².